The van der Waals surface area contributed by atoms with Gasteiger partial charge in [0.25, 0.3) is 0 Å². The maximum atomic E-state index is 2.60. The van der Waals surface area contributed by atoms with Crippen LogP contribution in [-0.2, 0) is 7.05 Å². The van der Waals surface area contributed by atoms with Crippen LogP contribution in [-0.4, -0.2) is 40.8 Å². The lowest BCUT2D eigenvalue weighted by Gasteiger charge is -2.50. The number of allylic oxidation sites excluding steroid dienone is 2. The number of hydrogen-bond acceptors (Lipinski definition) is 3. The van der Waals surface area contributed by atoms with E-state index in [9.17, 15) is 0 Å². The second-order valence-electron chi connectivity index (χ2n) is 10.7. The van der Waals surface area contributed by atoms with Crippen molar-refractivity contribution in [2.75, 3.05) is 25.0 Å². The van der Waals surface area contributed by atoms with Crippen molar-refractivity contribution < 1.29 is 0 Å². The van der Waals surface area contributed by atoms with Crippen LogP contribution in [0.15, 0.2) is 35.7 Å². The van der Waals surface area contributed by atoms with Crippen LogP contribution < -0.4 is 4.90 Å². The van der Waals surface area contributed by atoms with Crippen molar-refractivity contribution >= 4 is 27.5 Å². The SMILES string of the molecule is CC1=C(C)N(c2cc(C)c3c4c(C)cccc4n(C)c3c2C)C2N(C)CC(C)(C)CN12. The molecule has 0 spiro atoms. The lowest BCUT2D eigenvalue weighted by Crippen LogP contribution is -2.61. The predicted octanol–water partition coefficient (Wildman–Crippen LogP) is 5.89. The molecule has 1 unspecified atom stereocenters. The van der Waals surface area contributed by atoms with Crippen LogP contribution in [0.5, 0.6) is 0 Å². The molecule has 0 bridgehead atoms. The molecule has 1 aromatic heterocycles. The summed E-state index contributed by atoms with van der Waals surface area (Å²) in [7, 11) is 4.50. The molecular formula is C27H36N4. The number of rotatable bonds is 1. The molecule has 0 radical (unpaired) electrons. The molecule has 1 saturated heterocycles. The van der Waals surface area contributed by atoms with Gasteiger partial charge in [0.15, 0.2) is 6.29 Å². The molecule has 1 fully saturated rings. The Morgan fingerprint density at radius 3 is 2.29 bits per heavy atom. The Balaban J connectivity index is 1.77. The molecule has 3 heterocycles. The van der Waals surface area contributed by atoms with E-state index >= 15 is 0 Å². The van der Waals surface area contributed by atoms with Crippen LogP contribution in [0.1, 0.15) is 44.4 Å². The zero-order chi connectivity index (χ0) is 22.4. The van der Waals surface area contributed by atoms with Crippen molar-refractivity contribution in [3.05, 3.63) is 52.3 Å². The third-order valence-electron chi connectivity index (χ3n) is 7.68. The first-order valence-electron chi connectivity index (χ1n) is 11.4. The summed E-state index contributed by atoms with van der Waals surface area (Å²) >= 11 is 0. The summed E-state index contributed by atoms with van der Waals surface area (Å²) in [5.74, 6) is 0. The summed E-state index contributed by atoms with van der Waals surface area (Å²) < 4.78 is 2.40. The van der Waals surface area contributed by atoms with E-state index in [1.807, 2.05) is 0 Å². The monoisotopic (exact) mass is 416 g/mol. The highest BCUT2D eigenvalue weighted by molar-refractivity contribution is 6.13. The van der Waals surface area contributed by atoms with Gasteiger partial charge in [-0.2, -0.15) is 0 Å². The van der Waals surface area contributed by atoms with E-state index in [-0.39, 0.29) is 11.7 Å². The molecule has 0 N–H and O–H groups in total. The fourth-order valence-corrected chi connectivity index (χ4v) is 6.32. The zero-order valence-corrected chi connectivity index (χ0v) is 20.6. The first-order chi connectivity index (χ1) is 14.5. The molecule has 0 aliphatic carbocycles. The van der Waals surface area contributed by atoms with E-state index in [1.165, 1.54) is 55.6 Å². The fraction of sp³-hybridized carbons (Fsp3) is 0.481. The molecule has 2 aromatic carbocycles. The quantitative estimate of drug-likeness (QED) is 0.492. The van der Waals surface area contributed by atoms with Crippen molar-refractivity contribution in [3.8, 4) is 0 Å². The van der Waals surface area contributed by atoms with Crippen molar-refractivity contribution in [2.24, 2.45) is 12.5 Å². The Hall–Kier alpha value is -2.46. The van der Waals surface area contributed by atoms with Crippen LogP contribution >= 0.6 is 0 Å². The standard InChI is InChI=1S/C27H36N4/c1-16-11-10-12-21-23(16)24-17(2)13-22(18(3)25(24)29(21)9)31-20(5)19(4)30-15-27(6,7)14-28(8)26(30)31/h10-13,26H,14-15H2,1-9H3. The maximum absolute atomic E-state index is 2.60. The topological polar surface area (TPSA) is 14.7 Å². The normalized spacial score (nSPS) is 21.6. The number of hydrogen-bond donors (Lipinski definition) is 0. The average molecular weight is 417 g/mol. The summed E-state index contributed by atoms with van der Waals surface area (Å²) in [6.07, 6.45) is 0.250. The van der Waals surface area contributed by atoms with Gasteiger partial charge in [-0.15, -0.1) is 0 Å². The van der Waals surface area contributed by atoms with Gasteiger partial charge in [0.2, 0.25) is 0 Å². The Morgan fingerprint density at radius 1 is 0.871 bits per heavy atom. The average Bonchev–Trinajstić information content (AvgIpc) is 3.12. The van der Waals surface area contributed by atoms with Gasteiger partial charge < -0.3 is 14.4 Å². The van der Waals surface area contributed by atoms with Crippen molar-refractivity contribution in [2.45, 2.75) is 54.8 Å². The smallest absolute Gasteiger partial charge is 0.164 e. The van der Waals surface area contributed by atoms with E-state index in [0.29, 0.717) is 0 Å². The van der Waals surface area contributed by atoms with Gasteiger partial charge in [-0.05, 0) is 75.9 Å². The first kappa shape index (κ1) is 20.4. The molecule has 2 aliphatic heterocycles. The fourth-order valence-electron chi connectivity index (χ4n) is 6.32. The molecule has 4 heteroatoms. The Morgan fingerprint density at radius 2 is 1.58 bits per heavy atom. The summed E-state index contributed by atoms with van der Waals surface area (Å²) in [4.78, 5) is 7.70. The first-order valence-corrected chi connectivity index (χ1v) is 11.4. The molecular weight excluding hydrogens is 380 g/mol. The molecule has 3 aromatic rings. The summed E-state index contributed by atoms with van der Waals surface area (Å²) in [5, 5.41) is 2.81. The van der Waals surface area contributed by atoms with Gasteiger partial charge in [-0.1, -0.05) is 26.0 Å². The highest BCUT2D eigenvalue weighted by Gasteiger charge is 2.45. The Kier molecular flexibility index (Phi) is 4.30. The maximum Gasteiger partial charge on any atom is 0.164 e. The molecule has 0 amide bonds. The number of aromatic nitrogens is 1. The Bertz CT molecular complexity index is 1260. The molecule has 31 heavy (non-hydrogen) atoms. The molecule has 4 nitrogen and oxygen atoms in total. The second kappa shape index (κ2) is 6.52. The van der Waals surface area contributed by atoms with Gasteiger partial charge in [0.1, 0.15) is 0 Å². The lowest BCUT2D eigenvalue weighted by molar-refractivity contribution is -0.00519. The number of aryl methyl sites for hydroxylation is 4. The third-order valence-corrected chi connectivity index (χ3v) is 7.68. The Labute approximate surface area is 186 Å². The molecule has 2 aliphatic rings. The number of anilines is 1. The van der Waals surface area contributed by atoms with E-state index < -0.39 is 0 Å². The lowest BCUT2D eigenvalue weighted by atomic mass is 9.90. The number of fused-ring (bicyclic) bond motifs is 4. The number of benzene rings is 2. The van der Waals surface area contributed by atoms with Crippen LogP contribution in [0.25, 0.3) is 21.8 Å². The second-order valence-corrected chi connectivity index (χ2v) is 10.7. The van der Waals surface area contributed by atoms with Crippen LogP contribution in [0.3, 0.4) is 0 Å². The van der Waals surface area contributed by atoms with Crippen LogP contribution in [0, 0.1) is 26.2 Å². The molecule has 1 atom stereocenters. The highest BCUT2D eigenvalue weighted by Crippen LogP contribution is 2.45. The largest absolute Gasteiger partial charge is 0.343 e. The van der Waals surface area contributed by atoms with Crippen molar-refractivity contribution in [1.29, 1.82) is 0 Å². The van der Waals surface area contributed by atoms with E-state index in [1.54, 1.807) is 0 Å². The third kappa shape index (κ3) is 2.70. The van der Waals surface area contributed by atoms with Gasteiger partial charge >= 0.3 is 0 Å². The minimum atomic E-state index is 0.250. The van der Waals surface area contributed by atoms with Crippen LogP contribution in [0.4, 0.5) is 5.69 Å². The van der Waals surface area contributed by atoms with Crippen molar-refractivity contribution in [3.63, 3.8) is 0 Å². The number of nitrogens with zero attached hydrogens (tertiary/aromatic N) is 4. The summed E-state index contributed by atoms with van der Waals surface area (Å²) in [6, 6.07) is 9.09. The molecule has 0 saturated carbocycles. The van der Waals surface area contributed by atoms with Gasteiger partial charge in [0, 0.05) is 53.5 Å². The van der Waals surface area contributed by atoms with Gasteiger partial charge in [-0.25, -0.2) is 0 Å². The summed E-state index contributed by atoms with van der Waals surface area (Å²) in [6.45, 7) is 18.4. The molecule has 164 valence electrons. The van der Waals surface area contributed by atoms with E-state index in [4.69, 9.17) is 0 Å². The minimum absolute atomic E-state index is 0.250. The van der Waals surface area contributed by atoms with Crippen molar-refractivity contribution in [1.82, 2.24) is 14.4 Å². The predicted molar refractivity (Wildman–Crippen MR) is 132 cm³/mol. The van der Waals surface area contributed by atoms with E-state index in [2.05, 4.69) is 106 Å². The van der Waals surface area contributed by atoms with Crippen LogP contribution in [0.2, 0.25) is 0 Å². The minimum Gasteiger partial charge on any atom is -0.343 e. The zero-order valence-electron chi connectivity index (χ0n) is 20.6. The van der Waals surface area contributed by atoms with E-state index in [0.717, 1.165) is 13.1 Å². The molecule has 5 rings (SSSR count). The highest BCUT2D eigenvalue weighted by atomic mass is 15.6. The summed E-state index contributed by atoms with van der Waals surface area (Å²) in [5.41, 5.74) is 11.1. The van der Waals surface area contributed by atoms with Gasteiger partial charge in [-0.3, -0.25) is 4.90 Å². The van der Waals surface area contributed by atoms with Gasteiger partial charge in [0.05, 0.1) is 5.52 Å².